The number of hydrogen-bond donors (Lipinski definition) is 3. The number of nitrogens with zero attached hydrogens (tertiary/aromatic N) is 3. The van der Waals surface area contributed by atoms with Crippen molar-refractivity contribution in [3.63, 3.8) is 0 Å². The highest BCUT2D eigenvalue weighted by atomic mass is 35.5. The molecule has 264 valence electrons. The lowest BCUT2D eigenvalue weighted by Gasteiger charge is -2.46. The minimum Gasteiger partial charge on any atom is -0.481 e. The van der Waals surface area contributed by atoms with Gasteiger partial charge in [-0.05, 0) is 58.2 Å². The maximum Gasteiger partial charge on any atom is 0.330 e. The molecule has 11 nitrogen and oxygen atoms in total. The predicted molar refractivity (Wildman–Crippen MR) is 194 cm³/mol. The average molecular weight is 723 g/mol. The number of halogens is 2. The lowest BCUT2D eigenvalue weighted by molar-refractivity contribution is -0.165. The van der Waals surface area contributed by atoms with E-state index in [2.05, 4.69) is 38.3 Å². The number of nitrogens with one attached hydrogen (secondary N) is 2. The van der Waals surface area contributed by atoms with Crippen molar-refractivity contribution in [3.8, 4) is 28.3 Å². The molecular formula is C37H41Cl2N5O6. The van der Waals surface area contributed by atoms with Crippen LogP contribution in [0.1, 0.15) is 68.1 Å². The lowest BCUT2D eigenvalue weighted by Crippen LogP contribution is -2.53. The molecule has 6 rings (SSSR count). The molecule has 2 unspecified atom stereocenters. The van der Waals surface area contributed by atoms with E-state index in [0.29, 0.717) is 39.7 Å². The van der Waals surface area contributed by atoms with Gasteiger partial charge in [0.15, 0.2) is 0 Å². The molecule has 0 saturated carbocycles. The zero-order valence-electron chi connectivity index (χ0n) is 29.1. The van der Waals surface area contributed by atoms with E-state index in [1.54, 1.807) is 25.3 Å². The van der Waals surface area contributed by atoms with Crippen molar-refractivity contribution in [2.75, 3.05) is 12.4 Å². The summed E-state index contributed by atoms with van der Waals surface area (Å²) in [6.07, 6.45) is 2.52. The molecule has 2 aromatic heterocycles. The summed E-state index contributed by atoms with van der Waals surface area (Å²) in [4.78, 5) is 42.8. The van der Waals surface area contributed by atoms with E-state index in [4.69, 9.17) is 37.7 Å². The fourth-order valence-electron chi connectivity index (χ4n) is 7.50. The first-order chi connectivity index (χ1) is 23.5. The molecule has 13 heteroatoms. The molecule has 4 aromatic rings. The second kappa shape index (κ2) is 13.3. The first kappa shape index (κ1) is 35.8. The first-order valence-corrected chi connectivity index (χ1v) is 17.1. The number of pyridine rings is 1. The maximum atomic E-state index is 13.2. The number of hydrogen-bond acceptors (Lipinski definition) is 8. The summed E-state index contributed by atoms with van der Waals surface area (Å²) in [5, 5.41) is 18.3. The van der Waals surface area contributed by atoms with Gasteiger partial charge in [0.2, 0.25) is 5.88 Å². The highest BCUT2D eigenvalue weighted by Crippen LogP contribution is 2.45. The van der Waals surface area contributed by atoms with Crippen molar-refractivity contribution in [1.29, 1.82) is 0 Å². The number of aliphatic hydroxyl groups is 1. The Balaban J connectivity index is 1.32. The molecule has 50 heavy (non-hydrogen) atoms. The van der Waals surface area contributed by atoms with Gasteiger partial charge in [-0.3, -0.25) is 14.2 Å². The summed E-state index contributed by atoms with van der Waals surface area (Å²) in [6, 6.07) is 12.3. The maximum absolute atomic E-state index is 13.2. The van der Waals surface area contributed by atoms with Crippen LogP contribution in [0.4, 0.5) is 5.69 Å². The molecule has 0 spiro atoms. The van der Waals surface area contributed by atoms with Gasteiger partial charge in [-0.25, -0.2) is 9.78 Å². The zero-order valence-corrected chi connectivity index (χ0v) is 30.6. The molecular weight excluding hydrogens is 681 g/mol. The number of carbonyl (C=O) groups excluding carboxylic acids is 1. The fourth-order valence-corrected chi connectivity index (χ4v) is 8.10. The van der Waals surface area contributed by atoms with Crippen LogP contribution in [0.15, 0.2) is 58.3 Å². The number of aliphatic hydroxyl groups excluding tert-OH is 1. The Bertz CT molecular complexity index is 2110. The largest absolute Gasteiger partial charge is 0.481 e. The van der Waals surface area contributed by atoms with Gasteiger partial charge < -0.3 is 29.8 Å². The Morgan fingerprint density at radius 2 is 1.62 bits per heavy atom. The van der Waals surface area contributed by atoms with E-state index in [9.17, 15) is 19.5 Å². The average Bonchev–Trinajstić information content (AvgIpc) is 3.35. The second-order valence-corrected chi connectivity index (χ2v) is 15.1. The van der Waals surface area contributed by atoms with Gasteiger partial charge in [-0.1, -0.05) is 53.5 Å². The number of amides is 1. The summed E-state index contributed by atoms with van der Waals surface area (Å²) in [6.45, 7) is 8.36. The topological polar surface area (TPSA) is 137 Å². The van der Waals surface area contributed by atoms with E-state index in [0.717, 1.165) is 33.1 Å². The third-order valence-electron chi connectivity index (χ3n) is 9.37. The van der Waals surface area contributed by atoms with Crippen molar-refractivity contribution in [3.05, 3.63) is 96.2 Å². The molecule has 0 radical (unpaired) electrons. The van der Waals surface area contributed by atoms with Crippen LogP contribution in [0.5, 0.6) is 5.88 Å². The minimum atomic E-state index is -0.725. The van der Waals surface area contributed by atoms with Crippen molar-refractivity contribution < 1.29 is 19.4 Å². The number of carbonyl (C=O) groups is 1. The monoisotopic (exact) mass is 721 g/mol. The molecule has 0 bridgehead atoms. The number of methoxy groups -OCH3 is 1. The predicted octanol–water partition coefficient (Wildman–Crippen LogP) is 5.66. The van der Waals surface area contributed by atoms with Gasteiger partial charge in [0, 0.05) is 55.0 Å². The van der Waals surface area contributed by atoms with Crippen LogP contribution in [-0.4, -0.2) is 55.6 Å². The summed E-state index contributed by atoms with van der Waals surface area (Å²) in [5.74, 6) is -0.306. The van der Waals surface area contributed by atoms with Crippen LogP contribution in [0.3, 0.4) is 0 Å². The summed E-state index contributed by atoms with van der Waals surface area (Å²) >= 11 is 13.9. The molecule has 1 aliphatic heterocycles. The number of benzene rings is 2. The van der Waals surface area contributed by atoms with Crippen LogP contribution in [0, 0.1) is 0 Å². The molecule has 1 aliphatic carbocycles. The van der Waals surface area contributed by atoms with Crippen LogP contribution in [0.2, 0.25) is 10.0 Å². The second-order valence-electron chi connectivity index (χ2n) is 14.3. The van der Waals surface area contributed by atoms with Gasteiger partial charge >= 0.3 is 5.69 Å². The molecule has 2 aliphatic rings. The molecule has 2 aromatic carbocycles. The van der Waals surface area contributed by atoms with Crippen molar-refractivity contribution in [2.24, 2.45) is 14.1 Å². The number of aryl methyl sites for hydroxylation is 1. The van der Waals surface area contributed by atoms with E-state index in [1.807, 2.05) is 24.3 Å². The Morgan fingerprint density at radius 1 is 1.00 bits per heavy atom. The number of ether oxygens (including phenoxy) is 2. The summed E-state index contributed by atoms with van der Waals surface area (Å²) in [7, 11) is 4.33. The van der Waals surface area contributed by atoms with Gasteiger partial charge in [-0.2, -0.15) is 0 Å². The lowest BCUT2D eigenvalue weighted by atomic mass is 9.84. The van der Waals surface area contributed by atoms with Crippen molar-refractivity contribution in [2.45, 2.75) is 76.3 Å². The van der Waals surface area contributed by atoms with E-state index in [1.165, 1.54) is 20.3 Å². The van der Waals surface area contributed by atoms with Crippen LogP contribution in [0.25, 0.3) is 22.4 Å². The van der Waals surface area contributed by atoms with Crippen LogP contribution < -0.4 is 26.6 Å². The Kier molecular flexibility index (Phi) is 9.51. The molecule has 3 heterocycles. The quantitative estimate of drug-likeness (QED) is 0.222. The van der Waals surface area contributed by atoms with Gasteiger partial charge in [0.05, 0.1) is 51.9 Å². The summed E-state index contributed by atoms with van der Waals surface area (Å²) < 4.78 is 14.1. The van der Waals surface area contributed by atoms with E-state index >= 15 is 0 Å². The minimum absolute atomic E-state index is 0.118. The molecule has 2 atom stereocenters. The highest BCUT2D eigenvalue weighted by Gasteiger charge is 2.43. The third-order valence-corrected chi connectivity index (χ3v) is 10.2. The zero-order chi connectivity index (χ0) is 36.3. The Labute approximate surface area is 300 Å². The van der Waals surface area contributed by atoms with Crippen molar-refractivity contribution in [1.82, 2.24) is 19.4 Å². The van der Waals surface area contributed by atoms with Crippen LogP contribution in [-0.2, 0) is 25.3 Å². The smallest absolute Gasteiger partial charge is 0.330 e. The molecule has 1 fully saturated rings. The molecule has 1 saturated heterocycles. The Hall–Kier alpha value is -4.00. The first-order valence-electron chi connectivity index (χ1n) is 16.4. The van der Waals surface area contributed by atoms with E-state index in [-0.39, 0.29) is 39.6 Å². The number of anilines is 1. The molecule has 3 N–H and O–H groups in total. The van der Waals surface area contributed by atoms with Crippen LogP contribution >= 0.6 is 23.2 Å². The normalized spacial score (nSPS) is 19.6. The standard InChI is InChI=1S/C37H41Cl2N5O6/c1-36(2)16-20(17-37(3,4)50-36)40-31-27(45)15-19-14-26(42-33(49-7)28(19)31)23-12-8-10-21(29(23)38)22-11-9-13-25(30(22)39)41-32(46)24-18-43(5)35(48)44(6)34(24)47/h8-14,18,20,27,31,40,45H,15-17H2,1-7H3,(H,41,46). The third kappa shape index (κ3) is 6.72. The fraction of sp³-hybridized carbons (Fsp3) is 0.405. The van der Waals surface area contributed by atoms with Gasteiger partial charge in [0.1, 0.15) is 5.56 Å². The van der Waals surface area contributed by atoms with Gasteiger partial charge in [-0.15, -0.1) is 0 Å². The number of fused-ring (bicyclic) bond motifs is 1. The number of aromatic nitrogens is 3. The Morgan fingerprint density at radius 3 is 2.28 bits per heavy atom. The molecule has 1 amide bonds. The van der Waals surface area contributed by atoms with Gasteiger partial charge in [0.25, 0.3) is 11.5 Å². The SMILES string of the molecule is COc1nc(-c2cccc(-c3cccc(NC(=O)c4cn(C)c(=O)n(C)c4=O)c3Cl)c2Cl)cc2c1C(NC1CC(C)(C)OC(C)(C)C1)C(O)C2. The summed E-state index contributed by atoms with van der Waals surface area (Å²) in [5.41, 5.74) is 2.23. The van der Waals surface area contributed by atoms with E-state index < -0.39 is 23.3 Å². The van der Waals surface area contributed by atoms with Crippen molar-refractivity contribution >= 4 is 34.8 Å². The number of rotatable bonds is 7. The highest BCUT2D eigenvalue weighted by molar-refractivity contribution is 6.39.